The van der Waals surface area contributed by atoms with Gasteiger partial charge in [0.25, 0.3) is 0 Å². The summed E-state index contributed by atoms with van der Waals surface area (Å²) >= 11 is 0. The zero-order valence-electron chi connectivity index (χ0n) is 19.7. The second kappa shape index (κ2) is 10.5. The highest BCUT2D eigenvalue weighted by atomic mass is 16.5. The second-order valence-corrected chi connectivity index (χ2v) is 8.81. The van der Waals surface area contributed by atoms with Crippen LogP contribution in [-0.4, -0.2) is 65.9 Å². The van der Waals surface area contributed by atoms with Gasteiger partial charge >= 0.3 is 0 Å². The van der Waals surface area contributed by atoms with Crippen LogP contribution in [0.2, 0.25) is 0 Å². The smallest absolute Gasteiger partial charge is 0.226 e. The van der Waals surface area contributed by atoms with E-state index in [-0.39, 0.29) is 11.8 Å². The molecular formula is C25H36N4O3. The lowest BCUT2D eigenvalue weighted by molar-refractivity contribution is -0.136. The van der Waals surface area contributed by atoms with Gasteiger partial charge in [-0.25, -0.2) is 4.68 Å². The molecule has 4 rings (SSSR count). The van der Waals surface area contributed by atoms with Crippen LogP contribution >= 0.6 is 0 Å². The molecule has 0 unspecified atom stereocenters. The number of nitrogens with zero attached hydrogens (tertiary/aromatic N) is 4. The Morgan fingerprint density at radius 2 is 2.00 bits per heavy atom. The molecular weight excluding hydrogens is 404 g/mol. The van der Waals surface area contributed by atoms with Crippen molar-refractivity contribution in [2.24, 2.45) is 5.92 Å². The number of carbonyl (C=O) groups is 1. The van der Waals surface area contributed by atoms with Crippen LogP contribution in [0, 0.1) is 5.92 Å². The Balaban J connectivity index is 1.70. The number of methoxy groups -OCH3 is 2. The maximum atomic E-state index is 13.3. The van der Waals surface area contributed by atoms with Crippen LogP contribution in [0.3, 0.4) is 0 Å². The molecule has 1 fully saturated rings. The molecule has 0 radical (unpaired) electrons. The predicted molar refractivity (Wildman–Crippen MR) is 124 cm³/mol. The van der Waals surface area contributed by atoms with E-state index in [1.807, 2.05) is 27.8 Å². The summed E-state index contributed by atoms with van der Waals surface area (Å²) < 4.78 is 13.0. The van der Waals surface area contributed by atoms with Gasteiger partial charge in [0.2, 0.25) is 5.91 Å². The van der Waals surface area contributed by atoms with Gasteiger partial charge < -0.3 is 14.4 Å². The van der Waals surface area contributed by atoms with E-state index in [1.165, 1.54) is 11.3 Å². The third-order valence-corrected chi connectivity index (χ3v) is 6.90. The number of carbonyl (C=O) groups excluding carboxylic acids is 1. The summed E-state index contributed by atoms with van der Waals surface area (Å²) in [4.78, 5) is 17.7. The summed E-state index contributed by atoms with van der Waals surface area (Å²) in [7, 11) is 3.39. The molecule has 0 spiro atoms. The zero-order chi connectivity index (χ0) is 22.5. The van der Waals surface area contributed by atoms with Crippen LogP contribution < -0.4 is 4.74 Å². The lowest BCUT2D eigenvalue weighted by Gasteiger charge is -2.28. The molecule has 7 nitrogen and oxygen atoms in total. The lowest BCUT2D eigenvalue weighted by Crippen LogP contribution is -2.38. The van der Waals surface area contributed by atoms with Crippen molar-refractivity contribution in [1.29, 1.82) is 0 Å². The van der Waals surface area contributed by atoms with Crippen molar-refractivity contribution in [3.63, 3.8) is 0 Å². The van der Waals surface area contributed by atoms with Crippen LogP contribution in [-0.2, 0) is 29.0 Å². The zero-order valence-corrected chi connectivity index (χ0v) is 19.7. The third-order valence-electron chi connectivity index (χ3n) is 6.90. The molecule has 7 heteroatoms. The van der Waals surface area contributed by atoms with Gasteiger partial charge in [-0.1, -0.05) is 31.9 Å². The molecule has 1 aromatic carbocycles. The molecule has 0 N–H and O–H groups in total. The Labute approximate surface area is 191 Å². The van der Waals surface area contributed by atoms with E-state index in [0.717, 1.165) is 68.9 Å². The molecule has 2 aliphatic rings. The fourth-order valence-electron chi connectivity index (χ4n) is 5.02. The molecule has 2 aromatic rings. The van der Waals surface area contributed by atoms with Crippen molar-refractivity contribution in [2.75, 3.05) is 40.5 Å². The van der Waals surface area contributed by atoms with Gasteiger partial charge in [0.15, 0.2) is 0 Å². The highest BCUT2D eigenvalue weighted by Gasteiger charge is 2.31. The first kappa shape index (κ1) is 22.8. The first-order valence-corrected chi connectivity index (χ1v) is 11.9. The van der Waals surface area contributed by atoms with Crippen LogP contribution in [0.15, 0.2) is 24.3 Å². The van der Waals surface area contributed by atoms with Gasteiger partial charge in [-0.2, -0.15) is 5.10 Å². The van der Waals surface area contributed by atoms with Gasteiger partial charge in [-0.05, 0) is 31.5 Å². The van der Waals surface area contributed by atoms with Crippen molar-refractivity contribution in [3.05, 3.63) is 41.2 Å². The molecule has 32 heavy (non-hydrogen) atoms. The Morgan fingerprint density at radius 1 is 1.22 bits per heavy atom. The van der Waals surface area contributed by atoms with Crippen molar-refractivity contribution in [2.45, 2.75) is 52.1 Å². The van der Waals surface area contributed by atoms with Gasteiger partial charge in [0, 0.05) is 44.6 Å². The van der Waals surface area contributed by atoms with E-state index in [0.29, 0.717) is 19.7 Å². The summed E-state index contributed by atoms with van der Waals surface area (Å²) in [5.74, 6) is 1.20. The van der Waals surface area contributed by atoms with Crippen LogP contribution in [0.25, 0.3) is 5.69 Å². The summed E-state index contributed by atoms with van der Waals surface area (Å²) in [6.45, 7) is 6.75. The van der Waals surface area contributed by atoms with Crippen LogP contribution in [0.1, 0.15) is 49.6 Å². The minimum absolute atomic E-state index is 0.145. The fourth-order valence-corrected chi connectivity index (χ4v) is 5.02. The summed E-state index contributed by atoms with van der Waals surface area (Å²) in [6, 6.07) is 8.01. The summed E-state index contributed by atoms with van der Waals surface area (Å²) in [6.07, 6.45) is 5.23. The number of ether oxygens (including phenoxy) is 2. The first-order chi connectivity index (χ1) is 15.7. The molecule has 1 aliphatic carbocycles. The number of aromatic nitrogens is 2. The maximum Gasteiger partial charge on any atom is 0.226 e. The fraction of sp³-hybridized carbons (Fsp3) is 0.600. The van der Waals surface area contributed by atoms with Crippen LogP contribution in [0.5, 0.6) is 5.75 Å². The first-order valence-electron chi connectivity index (χ1n) is 11.9. The van der Waals surface area contributed by atoms with E-state index in [1.54, 1.807) is 14.2 Å². The number of likely N-dealkylation sites (N-methyl/N-ethyl adjacent to an activating group) is 1. The number of amides is 1. The topological polar surface area (TPSA) is 59.8 Å². The summed E-state index contributed by atoms with van der Waals surface area (Å²) in [5, 5.41) is 5.07. The van der Waals surface area contributed by atoms with Gasteiger partial charge in [0.1, 0.15) is 11.4 Å². The standard InChI is InChI=1S/C25H36N4O3/c1-4-27-14-13-22-20(17-27)21(26-29(22)23-11-7-8-12-24(23)32-3)18-28(15-16-31-2)25(30)19-9-5-6-10-19/h7-8,11-12,19H,4-6,9-10,13-18H2,1-3H3. The van der Waals surface area contributed by atoms with E-state index in [4.69, 9.17) is 14.6 Å². The van der Waals surface area contributed by atoms with Gasteiger partial charge in [-0.15, -0.1) is 0 Å². The minimum atomic E-state index is 0.145. The second-order valence-electron chi connectivity index (χ2n) is 8.81. The number of benzene rings is 1. The maximum absolute atomic E-state index is 13.3. The lowest BCUT2D eigenvalue weighted by atomic mass is 10.0. The normalized spacial score (nSPS) is 16.8. The highest BCUT2D eigenvalue weighted by molar-refractivity contribution is 5.79. The molecule has 0 saturated heterocycles. The molecule has 0 atom stereocenters. The largest absolute Gasteiger partial charge is 0.494 e. The predicted octanol–water partition coefficient (Wildman–Crippen LogP) is 3.42. The number of rotatable bonds is 9. The third kappa shape index (κ3) is 4.69. The molecule has 174 valence electrons. The van der Waals surface area contributed by atoms with Crippen molar-refractivity contribution < 1.29 is 14.3 Å². The summed E-state index contributed by atoms with van der Waals surface area (Å²) in [5.41, 5.74) is 4.43. The Morgan fingerprint density at radius 3 is 2.72 bits per heavy atom. The number of para-hydroxylation sites is 2. The van der Waals surface area contributed by atoms with E-state index >= 15 is 0 Å². The van der Waals surface area contributed by atoms with E-state index in [2.05, 4.69) is 17.9 Å². The molecule has 1 aliphatic heterocycles. The number of hydrogen-bond acceptors (Lipinski definition) is 5. The monoisotopic (exact) mass is 440 g/mol. The molecule has 1 aromatic heterocycles. The molecule has 0 bridgehead atoms. The van der Waals surface area contributed by atoms with E-state index in [9.17, 15) is 4.79 Å². The minimum Gasteiger partial charge on any atom is -0.494 e. The van der Waals surface area contributed by atoms with Crippen molar-refractivity contribution >= 4 is 5.91 Å². The average Bonchev–Trinajstić information content (AvgIpc) is 3.49. The quantitative estimate of drug-likeness (QED) is 0.598. The van der Waals surface area contributed by atoms with Crippen molar-refractivity contribution in [1.82, 2.24) is 19.6 Å². The molecule has 2 heterocycles. The van der Waals surface area contributed by atoms with Gasteiger partial charge in [-0.3, -0.25) is 9.69 Å². The highest BCUT2D eigenvalue weighted by Crippen LogP contribution is 2.31. The molecule has 1 saturated carbocycles. The Bertz CT molecular complexity index is 920. The van der Waals surface area contributed by atoms with Gasteiger partial charge in [0.05, 0.1) is 31.6 Å². The van der Waals surface area contributed by atoms with E-state index < -0.39 is 0 Å². The SMILES string of the molecule is CCN1CCc2c(c(CN(CCOC)C(=O)C3CCCC3)nn2-c2ccccc2OC)C1. The van der Waals surface area contributed by atoms with Crippen LogP contribution in [0.4, 0.5) is 0 Å². The Hall–Kier alpha value is -2.38. The average molecular weight is 441 g/mol. The number of fused-ring (bicyclic) bond motifs is 1. The van der Waals surface area contributed by atoms with Crippen molar-refractivity contribution in [3.8, 4) is 11.4 Å². The molecule has 1 amide bonds. The number of hydrogen-bond donors (Lipinski definition) is 0. The Kier molecular flexibility index (Phi) is 7.48.